The van der Waals surface area contributed by atoms with E-state index in [-0.39, 0.29) is 5.78 Å². The highest BCUT2D eigenvalue weighted by Crippen LogP contribution is 2.34. The van der Waals surface area contributed by atoms with Gasteiger partial charge in [0.15, 0.2) is 5.78 Å². The topological polar surface area (TPSA) is 49.6 Å². The Kier molecular flexibility index (Phi) is 3.64. The first-order valence-corrected chi connectivity index (χ1v) is 7.09. The number of nitrogens with two attached hydrogens (primary N) is 1. The lowest BCUT2D eigenvalue weighted by molar-refractivity contribution is 0.102. The number of carbonyl (C=O) groups is 1. The summed E-state index contributed by atoms with van der Waals surface area (Å²) in [6.07, 6.45) is 0. The number of ketones is 1. The fraction of sp³-hybridized carbons (Fsp3) is 0.615. The Bertz CT molecular complexity index is 445. The Balaban J connectivity index is 2.22. The van der Waals surface area contributed by atoms with E-state index in [2.05, 4.69) is 30.7 Å². The van der Waals surface area contributed by atoms with Gasteiger partial charge in [0.25, 0.3) is 0 Å². The molecule has 0 aliphatic carbocycles. The lowest BCUT2D eigenvalue weighted by Crippen LogP contribution is -2.54. The molecule has 0 bridgehead atoms. The van der Waals surface area contributed by atoms with Crippen LogP contribution in [0.25, 0.3) is 0 Å². The molecule has 0 radical (unpaired) electrons. The van der Waals surface area contributed by atoms with Gasteiger partial charge in [-0.15, -0.1) is 11.3 Å². The molecule has 2 atom stereocenters. The van der Waals surface area contributed by atoms with E-state index < -0.39 is 0 Å². The molecule has 1 aliphatic rings. The van der Waals surface area contributed by atoms with Gasteiger partial charge < -0.3 is 10.6 Å². The molecule has 4 nitrogen and oxygen atoms in total. The average Bonchev–Trinajstić information content (AvgIpc) is 2.67. The summed E-state index contributed by atoms with van der Waals surface area (Å²) in [5.74, 6) is 0.0546. The van der Waals surface area contributed by atoms with Crippen LogP contribution in [-0.4, -0.2) is 42.9 Å². The molecule has 2 rings (SSSR count). The Hall–Kier alpha value is -1.07. The Morgan fingerprint density at radius 3 is 2.39 bits per heavy atom. The zero-order valence-corrected chi connectivity index (χ0v) is 12.3. The van der Waals surface area contributed by atoms with Crippen molar-refractivity contribution >= 4 is 27.8 Å². The smallest absolute Gasteiger partial charge is 0.171 e. The number of thiophene rings is 1. The van der Waals surface area contributed by atoms with Gasteiger partial charge in [-0.05, 0) is 27.0 Å². The standard InChI is InChI=1S/C13H21N3OS/c1-8-6-16(7-9(2)15(8)4)12-5-11(14)13(18-12)10(3)17/h5,8-9H,6-7,14H2,1-4H3. The molecule has 5 heteroatoms. The number of likely N-dealkylation sites (N-methyl/N-ethyl adjacent to an activating group) is 1. The first-order chi connectivity index (χ1) is 8.40. The van der Waals surface area contributed by atoms with Gasteiger partial charge in [-0.3, -0.25) is 9.69 Å². The zero-order valence-electron chi connectivity index (χ0n) is 11.4. The quantitative estimate of drug-likeness (QED) is 0.833. The lowest BCUT2D eigenvalue weighted by atomic mass is 10.1. The van der Waals surface area contributed by atoms with Crippen molar-refractivity contribution in [1.82, 2.24) is 4.90 Å². The number of hydrogen-bond donors (Lipinski definition) is 1. The fourth-order valence-corrected chi connectivity index (χ4v) is 3.40. The third kappa shape index (κ3) is 2.37. The van der Waals surface area contributed by atoms with Gasteiger partial charge in [-0.25, -0.2) is 0 Å². The Morgan fingerprint density at radius 1 is 1.39 bits per heavy atom. The van der Waals surface area contributed by atoms with Crippen LogP contribution in [0.3, 0.4) is 0 Å². The number of hydrogen-bond acceptors (Lipinski definition) is 5. The summed E-state index contributed by atoms with van der Waals surface area (Å²) in [5.41, 5.74) is 6.51. The minimum atomic E-state index is 0.0546. The predicted molar refractivity (Wildman–Crippen MR) is 77.6 cm³/mol. The highest BCUT2D eigenvalue weighted by atomic mass is 32.1. The summed E-state index contributed by atoms with van der Waals surface area (Å²) >= 11 is 1.51. The van der Waals surface area contributed by atoms with Crippen LogP contribution in [-0.2, 0) is 0 Å². The van der Waals surface area contributed by atoms with Crippen molar-refractivity contribution in [1.29, 1.82) is 0 Å². The van der Waals surface area contributed by atoms with Crippen molar-refractivity contribution in [2.45, 2.75) is 32.9 Å². The first-order valence-electron chi connectivity index (χ1n) is 6.27. The predicted octanol–water partition coefficient (Wildman–Crippen LogP) is 2.06. The van der Waals surface area contributed by atoms with Crippen molar-refractivity contribution in [2.24, 2.45) is 0 Å². The van der Waals surface area contributed by atoms with Crippen LogP contribution in [0.1, 0.15) is 30.4 Å². The van der Waals surface area contributed by atoms with Crippen LogP contribution in [0.15, 0.2) is 6.07 Å². The third-order valence-electron chi connectivity index (χ3n) is 3.74. The van der Waals surface area contributed by atoms with Crippen molar-refractivity contribution in [3.8, 4) is 0 Å². The van der Waals surface area contributed by atoms with Crippen LogP contribution in [0, 0.1) is 0 Å². The van der Waals surface area contributed by atoms with E-state index in [0.717, 1.165) is 18.1 Å². The van der Waals surface area contributed by atoms with E-state index in [1.807, 2.05) is 6.07 Å². The molecule has 1 fully saturated rings. The number of rotatable bonds is 2. The van der Waals surface area contributed by atoms with Gasteiger partial charge in [0.2, 0.25) is 0 Å². The van der Waals surface area contributed by atoms with Gasteiger partial charge in [0.05, 0.1) is 15.6 Å². The fourth-order valence-electron chi connectivity index (χ4n) is 2.41. The summed E-state index contributed by atoms with van der Waals surface area (Å²) in [5, 5.41) is 1.12. The Labute approximate surface area is 112 Å². The summed E-state index contributed by atoms with van der Waals surface area (Å²) in [6, 6.07) is 2.96. The molecule has 0 saturated carbocycles. The zero-order chi connectivity index (χ0) is 13.4. The van der Waals surface area contributed by atoms with Crippen LogP contribution in [0.2, 0.25) is 0 Å². The molecular weight excluding hydrogens is 246 g/mol. The van der Waals surface area contributed by atoms with E-state index >= 15 is 0 Å². The highest BCUT2D eigenvalue weighted by molar-refractivity contribution is 7.18. The van der Waals surface area contributed by atoms with Crippen LogP contribution >= 0.6 is 11.3 Å². The van der Waals surface area contributed by atoms with E-state index in [1.54, 1.807) is 6.92 Å². The van der Waals surface area contributed by atoms with E-state index in [1.165, 1.54) is 11.3 Å². The van der Waals surface area contributed by atoms with Gasteiger partial charge in [0.1, 0.15) is 0 Å². The largest absolute Gasteiger partial charge is 0.397 e. The number of nitrogen functional groups attached to an aromatic ring is 1. The van der Waals surface area contributed by atoms with Crippen LogP contribution in [0.4, 0.5) is 10.7 Å². The molecule has 1 saturated heterocycles. The number of carbonyl (C=O) groups excluding carboxylic acids is 1. The molecule has 2 unspecified atom stereocenters. The molecule has 1 aromatic heterocycles. The summed E-state index contributed by atoms with van der Waals surface area (Å²) < 4.78 is 0. The van der Waals surface area contributed by atoms with Gasteiger partial charge in [0, 0.05) is 32.1 Å². The first kappa shape index (κ1) is 13.4. The van der Waals surface area contributed by atoms with Crippen molar-refractivity contribution in [3.05, 3.63) is 10.9 Å². The molecule has 0 aromatic carbocycles. The Morgan fingerprint density at radius 2 is 1.94 bits per heavy atom. The van der Waals surface area contributed by atoms with Gasteiger partial charge in [-0.2, -0.15) is 0 Å². The summed E-state index contributed by atoms with van der Waals surface area (Å²) in [6.45, 7) is 7.99. The van der Waals surface area contributed by atoms with Crippen LogP contribution in [0.5, 0.6) is 0 Å². The summed E-state index contributed by atoms with van der Waals surface area (Å²) in [7, 11) is 2.16. The maximum atomic E-state index is 11.4. The van der Waals surface area contributed by atoms with Gasteiger partial charge in [-0.1, -0.05) is 0 Å². The van der Waals surface area contributed by atoms with E-state index in [9.17, 15) is 4.79 Å². The maximum absolute atomic E-state index is 11.4. The van der Waals surface area contributed by atoms with Gasteiger partial charge >= 0.3 is 0 Å². The highest BCUT2D eigenvalue weighted by Gasteiger charge is 2.28. The SMILES string of the molecule is CC(=O)c1sc(N2CC(C)N(C)C(C)C2)cc1N. The molecular formula is C13H21N3OS. The number of Topliss-reactive ketones (excluding diaryl/α,β-unsaturated/α-hetero) is 1. The number of piperazine rings is 1. The molecule has 2 heterocycles. The molecule has 0 spiro atoms. The normalized spacial score (nSPS) is 25.4. The molecule has 0 amide bonds. The molecule has 1 aromatic rings. The van der Waals surface area contributed by atoms with E-state index in [4.69, 9.17) is 5.73 Å². The maximum Gasteiger partial charge on any atom is 0.171 e. The van der Waals surface area contributed by atoms with Crippen molar-refractivity contribution in [3.63, 3.8) is 0 Å². The summed E-state index contributed by atoms with van der Waals surface area (Å²) in [4.78, 5) is 16.9. The van der Waals surface area contributed by atoms with Crippen molar-refractivity contribution < 1.29 is 4.79 Å². The average molecular weight is 267 g/mol. The van der Waals surface area contributed by atoms with Crippen LogP contribution < -0.4 is 10.6 Å². The minimum Gasteiger partial charge on any atom is -0.397 e. The molecule has 2 N–H and O–H groups in total. The second-order valence-corrected chi connectivity index (χ2v) is 6.22. The lowest BCUT2D eigenvalue weighted by Gasteiger charge is -2.42. The number of nitrogens with zero attached hydrogens (tertiary/aromatic N) is 2. The third-order valence-corrected chi connectivity index (χ3v) is 5.05. The monoisotopic (exact) mass is 267 g/mol. The molecule has 18 heavy (non-hydrogen) atoms. The van der Waals surface area contributed by atoms with Crippen molar-refractivity contribution in [2.75, 3.05) is 30.8 Å². The minimum absolute atomic E-state index is 0.0546. The molecule has 1 aliphatic heterocycles. The van der Waals surface area contributed by atoms with E-state index in [0.29, 0.717) is 22.6 Å². The number of anilines is 2. The second-order valence-electron chi connectivity index (χ2n) is 5.19. The molecule has 100 valence electrons. The second kappa shape index (κ2) is 4.90.